The van der Waals surface area contributed by atoms with Gasteiger partial charge in [0.15, 0.2) is 11.5 Å². The van der Waals surface area contributed by atoms with E-state index in [9.17, 15) is 4.79 Å². The second-order valence-electron chi connectivity index (χ2n) is 5.62. The van der Waals surface area contributed by atoms with Gasteiger partial charge in [0.25, 0.3) is 5.91 Å². The molecule has 0 saturated heterocycles. The number of fused-ring (bicyclic) bond motifs is 1. The lowest BCUT2D eigenvalue weighted by Gasteiger charge is -2.17. The second kappa shape index (κ2) is 5.72. The lowest BCUT2D eigenvalue weighted by Crippen LogP contribution is -2.27. The SMILES string of the molecule is Cc1ccc(C)c([C@@H](C)NC(=O)c2ccc3c(c2)OCO3)c1. The van der Waals surface area contributed by atoms with Gasteiger partial charge in [-0.25, -0.2) is 0 Å². The maximum atomic E-state index is 12.4. The van der Waals surface area contributed by atoms with Crippen molar-refractivity contribution in [3.05, 3.63) is 58.7 Å². The molecule has 0 aromatic heterocycles. The minimum atomic E-state index is -0.119. The first-order valence-electron chi connectivity index (χ1n) is 7.32. The van der Waals surface area contributed by atoms with Gasteiger partial charge in [-0.1, -0.05) is 23.8 Å². The minimum absolute atomic E-state index is 0.0576. The van der Waals surface area contributed by atoms with Crippen molar-refractivity contribution in [2.24, 2.45) is 0 Å². The van der Waals surface area contributed by atoms with E-state index in [1.54, 1.807) is 18.2 Å². The first-order chi connectivity index (χ1) is 10.5. The predicted octanol–water partition coefficient (Wildman–Crippen LogP) is 3.52. The molecule has 0 unspecified atom stereocenters. The molecule has 1 heterocycles. The molecular formula is C18H19NO3. The van der Waals surface area contributed by atoms with Crippen molar-refractivity contribution in [2.75, 3.05) is 6.79 Å². The van der Waals surface area contributed by atoms with E-state index in [0.717, 1.165) is 5.56 Å². The molecular weight excluding hydrogens is 278 g/mol. The van der Waals surface area contributed by atoms with Gasteiger partial charge in [-0.3, -0.25) is 4.79 Å². The van der Waals surface area contributed by atoms with E-state index in [1.165, 1.54) is 11.1 Å². The van der Waals surface area contributed by atoms with Gasteiger partial charge in [-0.2, -0.15) is 0 Å². The smallest absolute Gasteiger partial charge is 0.251 e. The molecule has 1 aliphatic heterocycles. The number of hydrogen-bond donors (Lipinski definition) is 1. The fourth-order valence-corrected chi connectivity index (χ4v) is 2.62. The maximum absolute atomic E-state index is 12.4. The summed E-state index contributed by atoms with van der Waals surface area (Å²) in [6.45, 7) is 6.30. The summed E-state index contributed by atoms with van der Waals surface area (Å²) in [6.07, 6.45) is 0. The zero-order valence-corrected chi connectivity index (χ0v) is 13.0. The second-order valence-corrected chi connectivity index (χ2v) is 5.62. The molecule has 1 aliphatic rings. The Morgan fingerprint density at radius 1 is 1.09 bits per heavy atom. The van der Waals surface area contributed by atoms with E-state index < -0.39 is 0 Å². The highest BCUT2D eigenvalue weighted by Gasteiger charge is 2.18. The van der Waals surface area contributed by atoms with Crippen LogP contribution >= 0.6 is 0 Å². The summed E-state index contributed by atoms with van der Waals surface area (Å²) in [7, 11) is 0. The molecule has 22 heavy (non-hydrogen) atoms. The Labute approximate surface area is 130 Å². The Morgan fingerprint density at radius 2 is 1.86 bits per heavy atom. The quantitative estimate of drug-likeness (QED) is 0.943. The van der Waals surface area contributed by atoms with Gasteiger partial charge in [0.1, 0.15) is 0 Å². The summed E-state index contributed by atoms with van der Waals surface area (Å²) in [5, 5.41) is 3.04. The number of nitrogens with one attached hydrogen (secondary N) is 1. The fourth-order valence-electron chi connectivity index (χ4n) is 2.62. The average Bonchev–Trinajstić information content (AvgIpc) is 2.97. The topological polar surface area (TPSA) is 47.6 Å². The van der Waals surface area contributed by atoms with Gasteiger partial charge >= 0.3 is 0 Å². The minimum Gasteiger partial charge on any atom is -0.454 e. The van der Waals surface area contributed by atoms with Crippen molar-refractivity contribution < 1.29 is 14.3 Å². The zero-order chi connectivity index (χ0) is 15.7. The predicted molar refractivity (Wildman–Crippen MR) is 84.4 cm³/mol. The lowest BCUT2D eigenvalue weighted by atomic mass is 9.99. The average molecular weight is 297 g/mol. The Morgan fingerprint density at radius 3 is 2.68 bits per heavy atom. The maximum Gasteiger partial charge on any atom is 0.251 e. The number of ether oxygens (including phenoxy) is 2. The summed E-state index contributed by atoms with van der Waals surface area (Å²) in [6, 6.07) is 11.4. The largest absolute Gasteiger partial charge is 0.454 e. The van der Waals surface area contributed by atoms with E-state index in [-0.39, 0.29) is 18.7 Å². The van der Waals surface area contributed by atoms with Crippen molar-refractivity contribution in [3.8, 4) is 11.5 Å². The highest BCUT2D eigenvalue weighted by Crippen LogP contribution is 2.32. The lowest BCUT2D eigenvalue weighted by molar-refractivity contribution is 0.0939. The van der Waals surface area contributed by atoms with E-state index in [0.29, 0.717) is 17.1 Å². The Kier molecular flexibility index (Phi) is 3.75. The summed E-state index contributed by atoms with van der Waals surface area (Å²) in [5.41, 5.74) is 4.06. The van der Waals surface area contributed by atoms with Gasteiger partial charge in [0.2, 0.25) is 6.79 Å². The molecule has 4 heteroatoms. The van der Waals surface area contributed by atoms with Crippen molar-refractivity contribution in [2.45, 2.75) is 26.8 Å². The molecule has 3 rings (SSSR count). The molecule has 2 aromatic rings. The Balaban J connectivity index is 1.77. The molecule has 0 saturated carbocycles. The van der Waals surface area contributed by atoms with E-state index in [1.807, 2.05) is 6.92 Å². The molecule has 0 bridgehead atoms. The van der Waals surface area contributed by atoms with Crippen molar-refractivity contribution in [1.82, 2.24) is 5.32 Å². The van der Waals surface area contributed by atoms with Crippen LogP contribution in [0.1, 0.15) is 40.0 Å². The van der Waals surface area contributed by atoms with Crippen LogP contribution in [0.25, 0.3) is 0 Å². The van der Waals surface area contributed by atoms with Crippen molar-refractivity contribution in [3.63, 3.8) is 0 Å². The molecule has 1 atom stereocenters. The van der Waals surface area contributed by atoms with Gasteiger partial charge in [-0.15, -0.1) is 0 Å². The molecule has 1 amide bonds. The molecule has 0 fully saturated rings. The van der Waals surface area contributed by atoms with Crippen LogP contribution in [0.5, 0.6) is 11.5 Å². The van der Waals surface area contributed by atoms with Crippen molar-refractivity contribution in [1.29, 1.82) is 0 Å². The Hall–Kier alpha value is -2.49. The summed E-state index contributed by atoms with van der Waals surface area (Å²) in [5.74, 6) is 1.18. The fraction of sp³-hybridized carbons (Fsp3) is 0.278. The van der Waals surface area contributed by atoms with Crippen LogP contribution in [0, 0.1) is 13.8 Å². The zero-order valence-electron chi connectivity index (χ0n) is 13.0. The third-order valence-electron chi connectivity index (χ3n) is 3.88. The number of carbonyl (C=O) groups is 1. The summed E-state index contributed by atoms with van der Waals surface area (Å²) in [4.78, 5) is 12.4. The summed E-state index contributed by atoms with van der Waals surface area (Å²) < 4.78 is 10.6. The third-order valence-corrected chi connectivity index (χ3v) is 3.88. The van der Waals surface area contributed by atoms with Gasteiger partial charge in [0.05, 0.1) is 6.04 Å². The first kappa shape index (κ1) is 14.4. The molecule has 0 radical (unpaired) electrons. The van der Waals surface area contributed by atoms with Crippen LogP contribution < -0.4 is 14.8 Å². The summed E-state index contributed by atoms with van der Waals surface area (Å²) >= 11 is 0. The molecule has 0 aliphatic carbocycles. The van der Waals surface area contributed by atoms with Crippen LogP contribution in [0.15, 0.2) is 36.4 Å². The molecule has 114 valence electrons. The van der Waals surface area contributed by atoms with E-state index in [2.05, 4.69) is 37.4 Å². The number of hydrogen-bond acceptors (Lipinski definition) is 3. The number of rotatable bonds is 3. The van der Waals surface area contributed by atoms with Crippen LogP contribution in [-0.2, 0) is 0 Å². The number of aryl methyl sites for hydroxylation is 2. The Bertz CT molecular complexity index is 724. The number of benzene rings is 2. The third kappa shape index (κ3) is 2.77. The van der Waals surface area contributed by atoms with Gasteiger partial charge in [0, 0.05) is 5.56 Å². The molecule has 4 nitrogen and oxygen atoms in total. The van der Waals surface area contributed by atoms with Gasteiger partial charge < -0.3 is 14.8 Å². The normalized spacial score (nSPS) is 13.8. The van der Waals surface area contributed by atoms with Crippen molar-refractivity contribution >= 4 is 5.91 Å². The van der Waals surface area contributed by atoms with Crippen LogP contribution in [-0.4, -0.2) is 12.7 Å². The van der Waals surface area contributed by atoms with Crippen LogP contribution in [0.4, 0.5) is 0 Å². The highest BCUT2D eigenvalue weighted by atomic mass is 16.7. The first-order valence-corrected chi connectivity index (χ1v) is 7.32. The van der Waals surface area contributed by atoms with E-state index in [4.69, 9.17) is 9.47 Å². The standard InChI is InChI=1S/C18H19NO3/c1-11-4-5-12(2)15(8-11)13(3)19-18(20)14-6-7-16-17(9-14)22-10-21-16/h4-9,13H,10H2,1-3H3,(H,19,20)/t13-/m1/s1. The molecule has 2 aromatic carbocycles. The highest BCUT2D eigenvalue weighted by molar-refractivity contribution is 5.95. The number of amides is 1. The number of carbonyl (C=O) groups excluding carboxylic acids is 1. The van der Waals surface area contributed by atoms with Crippen LogP contribution in [0.2, 0.25) is 0 Å². The van der Waals surface area contributed by atoms with Crippen LogP contribution in [0.3, 0.4) is 0 Å². The molecule has 1 N–H and O–H groups in total. The molecule has 0 spiro atoms. The van der Waals surface area contributed by atoms with Gasteiger partial charge in [-0.05, 0) is 50.1 Å². The monoisotopic (exact) mass is 297 g/mol. The van der Waals surface area contributed by atoms with E-state index >= 15 is 0 Å².